The lowest BCUT2D eigenvalue weighted by Crippen LogP contribution is -2.55. The molecule has 4 aromatic rings. The van der Waals surface area contributed by atoms with Crippen molar-refractivity contribution in [3.05, 3.63) is 69.6 Å². The van der Waals surface area contributed by atoms with Gasteiger partial charge in [0.2, 0.25) is 0 Å². The maximum absolute atomic E-state index is 13.0. The van der Waals surface area contributed by atoms with Crippen molar-refractivity contribution in [1.82, 2.24) is 30.0 Å². The molecule has 1 fully saturated rings. The van der Waals surface area contributed by atoms with Crippen molar-refractivity contribution in [2.75, 3.05) is 25.1 Å². The van der Waals surface area contributed by atoms with E-state index in [0.29, 0.717) is 58.4 Å². The van der Waals surface area contributed by atoms with E-state index in [-0.39, 0.29) is 18.1 Å². The number of esters is 1. The summed E-state index contributed by atoms with van der Waals surface area (Å²) >= 11 is 7.39. The molecular formula is C26H28ClN7O4S. The average molecular weight is 570 g/mol. The molecule has 3 aromatic heterocycles. The number of thiazole rings is 1. The third-order valence-corrected chi connectivity index (χ3v) is 8.05. The fourth-order valence-corrected chi connectivity index (χ4v) is 5.61. The Labute approximate surface area is 234 Å². The number of hydrogen-bond donors (Lipinski definition) is 2. The topological polar surface area (TPSA) is 127 Å². The zero-order valence-electron chi connectivity index (χ0n) is 21.7. The number of piperidine rings is 1. The van der Waals surface area contributed by atoms with Crippen molar-refractivity contribution < 1.29 is 19.1 Å². The van der Waals surface area contributed by atoms with Crippen LogP contribution in [0.15, 0.2) is 42.7 Å². The molecule has 2 N–H and O–H groups in total. The summed E-state index contributed by atoms with van der Waals surface area (Å²) < 4.78 is 12.9. The minimum atomic E-state index is -0.490. The smallest absolute Gasteiger partial charge is 0.350 e. The van der Waals surface area contributed by atoms with Crippen LogP contribution in [0.2, 0.25) is 5.02 Å². The summed E-state index contributed by atoms with van der Waals surface area (Å²) in [4.78, 5) is 40.1. The zero-order chi connectivity index (χ0) is 27.5. The number of carbonyl (C=O) groups excluding carboxylic acids is 2. The van der Waals surface area contributed by atoms with Gasteiger partial charge in [-0.25, -0.2) is 19.4 Å². The second-order valence-electron chi connectivity index (χ2n) is 9.18. The number of methoxy groups -OCH3 is 1. The van der Waals surface area contributed by atoms with E-state index in [1.807, 2.05) is 37.3 Å². The van der Waals surface area contributed by atoms with Gasteiger partial charge in [-0.3, -0.25) is 4.79 Å². The first-order valence-corrected chi connectivity index (χ1v) is 13.5. The summed E-state index contributed by atoms with van der Waals surface area (Å²) in [6, 6.07) is 11.2. The normalized spacial score (nSPS) is 17.3. The SMILES string of the molecule is COC(=O)c1sc(N2CC[C@@H](NC(=O)c3cc(Cl)c(C)[nH]3)[C@@H](OCc3ccccc3)C2)nc1-c1ncnn1C. The molecule has 0 bridgehead atoms. The number of nitrogens with zero attached hydrogens (tertiary/aromatic N) is 5. The molecule has 13 heteroatoms. The van der Waals surface area contributed by atoms with Crippen molar-refractivity contribution in [2.45, 2.75) is 32.1 Å². The quantitative estimate of drug-likeness (QED) is 0.308. The number of aromatic amines is 1. The number of amides is 1. The third kappa shape index (κ3) is 5.82. The maximum Gasteiger partial charge on any atom is 0.350 e. The number of aryl methyl sites for hydroxylation is 2. The summed E-state index contributed by atoms with van der Waals surface area (Å²) in [5, 5.41) is 8.37. The lowest BCUT2D eigenvalue weighted by Gasteiger charge is -2.38. The summed E-state index contributed by atoms with van der Waals surface area (Å²) in [7, 11) is 3.07. The molecule has 5 rings (SSSR count). The number of carbonyl (C=O) groups is 2. The molecule has 1 saturated heterocycles. The zero-order valence-corrected chi connectivity index (χ0v) is 23.3. The van der Waals surface area contributed by atoms with Crippen LogP contribution in [0.5, 0.6) is 0 Å². The largest absolute Gasteiger partial charge is 0.465 e. The number of aromatic nitrogens is 5. The van der Waals surface area contributed by atoms with Crippen LogP contribution in [-0.4, -0.2) is 69.0 Å². The Balaban J connectivity index is 1.39. The highest BCUT2D eigenvalue weighted by atomic mass is 35.5. The number of halogens is 1. The van der Waals surface area contributed by atoms with Gasteiger partial charge >= 0.3 is 5.97 Å². The summed E-state index contributed by atoms with van der Waals surface area (Å²) in [5.74, 6) is -0.268. The molecule has 0 unspecified atom stereocenters. The van der Waals surface area contributed by atoms with Gasteiger partial charge in [-0.2, -0.15) is 5.10 Å². The molecule has 4 heterocycles. The van der Waals surface area contributed by atoms with Crippen molar-refractivity contribution in [1.29, 1.82) is 0 Å². The molecule has 0 spiro atoms. The molecule has 0 radical (unpaired) electrons. The van der Waals surface area contributed by atoms with Gasteiger partial charge in [-0.15, -0.1) is 0 Å². The van der Waals surface area contributed by atoms with Crippen LogP contribution in [0.25, 0.3) is 11.5 Å². The second kappa shape index (κ2) is 11.6. The Morgan fingerprint density at radius 1 is 1.28 bits per heavy atom. The molecule has 1 amide bonds. The van der Waals surface area contributed by atoms with E-state index in [1.165, 1.54) is 24.8 Å². The molecule has 39 heavy (non-hydrogen) atoms. The molecule has 1 aromatic carbocycles. The number of rotatable bonds is 8. The maximum atomic E-state index is 13.0. The van der Waals surface area contributed by atoms with Crippen molar-refractivity contribution in [2.24, 2.45) is 7.05 Å². The number of hydrogen-bond acceptors (Lipinski definition) is 9. The Bertz CT molecular complexity index is 1450. The first-order chi connectivity index (χ1) is 18.8. The van der Waals surface area contributed by atoms with Crippen LogP contribution >= 0.6 is 22.9 Å². The van der Waals surface area contributed by atoms with Crippen LogP contribution < -0.4 is 10.2 Å². The fourth-order valence-electron chi connectivity index (χ4n) is 4.44. The summed E-state index contributed by atoms with van der Waals surface area (Å²) in [6.07, 6.45) is 1.67. The molecule has 1 aliphatic heterocycles. The van der Waals surface area contributed by atoms with Crippen LogP contribution in [0.1, 0.15) is 37.8 Å². The summed E-state index contributed by atoms with van der Waals surface area (Å²) in [6.45, 7) is 3.24. The minimum Gasteiger partial charge on any atom is -0.465 e. The Kier molecular flexibility index (Phi) is 7.96. The van der Waals surface area contributed by atoms with Crippen molar-refractivity contribution in [3.8, 4) is 11.5 Å². The van der Waals surface area contributed by atoms with Gasteiger partial charge < -0.3 is 24.7 Å². The fraction of sp³-hybridized carbons (Fsp3) is 0.346. The van der Waals surface area contributed by atoms with E-state index in [4.69, 9.17) is 26.1 Å². The van der Waals surface area contributed by atoms with E-state index < -0.39 is 5.97 Å². The van der Waals surface area contributed by atoms with Gasteiger partial charge in [0.1, 0.15) is 22.6 Å². The van der Waals surface area contributed by atoms with E-state index in [2.05, 4.69) is 25.3 Å². The summed E-state index contributed by atoms with van der Waals surface area (Å²) in [5.41, 5.74) is 2.58. The standard InChI is InChI=1S/C26H28ClN7O4S/c1-15-17(27)11-19(30-15)24(35)31-18-9-10-34(12-20(18)38-13-16-7-5-4-6-8-16)26-32-21(22(39-26)25(36)37-3)23-28-14-29-33(23)2/h4-8,11,14,18,20,30H,9-10,12-13H2,1-3H3,(H,31,35)/t18-,20+/m1/s1. The lowest BCUT2D eigenvalue weighted by molar-refractivity contribution is 0.00967. The lowest BCUT2D eigenvalue weighted by atomic mass is 10.0. The Morgan fingerprint density at radius 3 is 2.74 bits per heavy atom. The van der Waals surface area contributed by atoms with Gasteiger partial charge in [-0.05, 0) is 25.0 Å². The van der Waals surface area contributed by atoms with Gasteiger partial charge in [0.15, 0.2) is 11.0 Å². The van der Waals surface area contributed by atoms with E-state index in [0.717, 1.165) is 11.3 Å². The molecular weight excluding hydrogens is 542 g/mol. The molecule has 204 valence electrons. The van der Waals surface area contributed by atoms with E-state index in [9.17, 15) is 9.59 Å². The monoisotopic (exact) mass is 569 g/mol. The number of benzene rings is 1. The van der Waals surface area contributed by atoms with Crippen molar-refractivity contribution >= 4 is 39.9 Å². The number of anilines is 1. The molecule has 0 aliphatic carbocycles. The molecule has 1 aliphatic rings. The molecule has 0 saturated carbocycles. The minimum absolute atomic E-state index is 0.247. The highest BCUT2D eigenvalue weighted by molar-refractivity contribution is 7.17. The van der Waals surface area contributed by atoms with E-state index >= 15 is 0 Å². The van der Waals surface area contributed by atoms with Gasteiger partial charge in [-0.1, -0.05) is 53.3 Å². The van der Waals surface area contributed by atoms with Crippen LogP contribution in [0, 0.1) is 6.92 Å². The molecule has 11 nitrogen and oxygen atoms in total. The van der Waals surface area contributed by atoms with Crippen LogP contribution in [0.4, 0.5) is 5.13 Å². The van der Waals surface area contributed by atoms with Crippen LogP contribution in [-0.2, 0) is 23.1 Å². The van der Waals surface area contributed by atoms with Crippen LogP contribution in [0.3, 0.4) is 0 Å². The predicted molar refractivity (Wildman–Crippen MR) is 147 cm³/mol. The Morgan fingerprint density at radius 2 is 2.08 bits per heavy atom. The number of H-pyrrole nitrogens is 1. The van der Waals surface area contributed by atoms with Gasteiger partial charge in [0.05, 0.1) is 30.9 Å². The second-order valence-corrected chi connectivity index (χ2v) is 10.6. The van der Waals surface area contributed by atoms with Gasteiger partial charge in [0.25, 0.3) is 5.91 Å². The highest BCUT2D eigenvalue weighted by Gasteiger charge is 2.34. The Hall–Kier alpha value is -3.74. The predicted octanol–water partition coefficient (Wildman–Crippen LogP) is 3.61. The highest BCUT2D eigenvalue weighted by Crippen LogP contribution is 2.34. The first-order valence-electron chi connectivity index (χ1n) is 12.3. The molecule has 2 atom stereocenters. The average Bonchev–Trinajstić information content (AvgIpc) is 3.66. The third-order valence-electron chi connectivity index (χ3n) is 6.56. The van der Waals surface area contributed by atoms with Gasteiger partial charge in [0, 0.05) is 25.8 Å². The van der Waals surface area contributed by atoms with E-state index in [1.54, 1.807) is 17.8 Å². The number of ether oxygens (including phenoxy) is 2. The van der Waals surface area contributed by atoms with Crippen molar-refractivity contribution in [3.63, 3.8) is 0 Å². The number of nitrogens with one attached hydrogen (secondary N) is 2. The first kappa shape index (κ1) is 26.9.